The molecule has 1 aliphatic rings. The molecule has 76 valence electrons. The van der Waals surface area contributed by atoms with Crippen LogP contribution in [-0.2, 0) is 6.42 Å². The summed E-state index contributed by atoms with van der Waals surface area (Å²) >= 11 is 0. The molecular formula is C13H19N. The third-order valence-electron chi connectivity index (χ3n) is 2.97. The highest BCUT2D eigenvalue weighted by Crippen LogP contribution is 2.41. The molecule has 1 aromatic rings. The fraction of sp³-hybridized carbons (Fsp3) is 0.538. The summed E-state index contributed by atoms with van der Waals surface area (Å²) in [5.74, 6) is 0.879. The first-order chi connectivity index (χ1) is 6.92. The monoisotopic (exact) mass is 189 g/mol. The van der Waals surface area contributed by atoms with Crippen molar-refractivity contribution in [1.29, 1.82) is 0 Å². The SMILES string of the molecule is NCCCCc1ccccc1C1CC1. The number of nitrogens with two attached hydrogens (primary N) is 1. The van der Waals surface area contributed by atoms with Gasteiger partial charge >= 0.3 is 0 Å². The minimum Gasteiger partial charge on any atom is -0.330 e. The molecule has 0 saturated heterocycles. The van der Waals surface area contributed by atoms with E-state index < -0.39 is 0 Å². The summed E-state index contributed by atoms with van der Waals surface area (Å²) in [6.45, 7) is 0.825. The van der Waals surface area contributed by atoms with Crippen LogP contribution in [-0.4, -0.2) is 6.54 Å². The van der Waals surface area contributed by atoms with E-state index in [-0.39, 0.29) is 0 Å². The number of aryl methyl sites for hydroxylation is 1. The van der Waals surface area contributed by atoms with Gasteiger partial charge in [0.25, 0.3) is 0 Å². The van der Waals surface area contributed by atoms with Gasteiger partial charge in [0.1, 0.15) is 0 Å². The van der Waals surface area contributed by atoms with E-state index in [1.54, 1.807) is 11.1 Å². The maximum absolute atomic E-state index is 5.50. The molecule has 1 aromatic carbocycles. The first kappa shape index (κ1) is 9.72. The molecule has 2 N–H and O–H groups in total. The van der Waals surface area contributed by atoms with Crippen molar-refractivity contribution in [2.24, 2.45) is 5.73 Å². The average molecular weight is 189 g/mol. The highest BCUT2D eigenvalue weighted by molar-refractivity contribution is 5.33. The molecule has 1 saturated carbocycles. The average Bonchev–Trinajstić information content (AvgIpc) is 3.03. The minimum absolute atomic E-state index is 0.825. The van der Waals surface area contributed by atoms with Crippen molar-refractivity contribution >= 4 is 0 Å². The Labute approximate surface area is 86.3 Å². The Bertz CT molecular complexity index is 289. The van der Waals surface area contributed by atoms with E-state index in [2.05, 4.69) is 24.3 Å². The topological polar surface area (TPSA) is 26.0 Å². The molecule has 1 nitrogen and oxygen atoms in total. The fourth-order valence-corrected chi connectivity index (χ4v) is 2.01. The number of benzene rings is 1. The fourth-order valence-electron chi connectivity index (χ4n) is 2.01. The van der Waals surface area contributed by atoms with Crippen molar-refractivity contribution in [1.82, 2.24) is 0 Å². The van der Waals surface area contributed by atoms with Crippen LogP contribution >= 0.6 is 0 Å². The van der Waals surface area contributed by atoms with Crippen molar-refractivity contribution in [3.05, 3.63) is 35.4 Å². The van der Waals surface area contributed by atoms with Crippen LogP contribution in [0.15, 0.2) is 24.3 Å². The molecule has 2 rings (SSSR count). The van der Waals surface area contributed by atoms with Crippen LogP contribution in [0.3, 0.4) is 0 Å². The van der Waals surface area contributed by atoms with Crippen molar-refractivity contribution in [3.8, 4) is 0 Å². The smallest absolute Gasteiger partial charge is 0.00772 e. The van der Waals surface area contributed by atoms with Crippen LogP contribution in [0.1, 0.15) is 42.7 Å². The summed E-state index contributed by atoms with van der Waals surface area (Å²) in [6, 6.07) is 8.91. The lowest BCUT2D eigenvalue weighted by atomic mass is 9.99. The summed E-state index contributed by atoms with van der Waals surface area (Å²) in [7, 11) is 0. The zero-order valence-electron chi connectivity index (χ0n) is 8.71. The van der Waals surface area contributed by atoms with E-state index in [0.717, 1.165) is 18.9 Å². The Morgan fingerprint density at radius 3 is 2.64 bits per heavy atom. The summed E-state index contributed by atoms with van der Waals surface area (Å²) in [5.41, 5.74) is 8.66. The van der Waals surface area contributed by atoms with Crippen molar-refractivity contribution in [2.75, 3.05) is 6.54 Å². The van der Waals surface area contributed by atoms with E-state index >= 15 is 0 Å². The van der Waals surface area contributed by atoms with Gasteiger partial charge in [0.15, 0.2) is 0 Å². The standard InChI is InChI=1S/C13H19N/c14-10-4-3-6-11-5-1-2-7-13(11)12-8-9-12/h1-2,5,7,12H,3-4,6,8-10,14H2. The zero-order chi connectivity index (χ0) is 9.80. The van der Waals surface area contributed by atoms with Gasteiger partial charge in [-0.25, -0.2) is 0 Å². The number of rotatable bonds is 5. The van der Waals surface area contributed by atoms with E-state index in [0.29, 0.717) is 0 Å². The van der Waals surface area contributed by atoms with Gasteiger partial charge in [-0.2, -0.15) is 0 Å². The molecule has 0 aliphatic heterocycles. The van der Waals surface area contributed by atoms with Crippen LogP contribution in [0.2, 0.25) is 0 Å². The lowest BCUT2D eigenvalue weighted by Crippen LogP contribution is -2.00. The van der Waals surface area contributed by atoms with Crippen LogP contribution < -0.4 is 5.73 Å². The molecule has 14 heavy (non-hydrogen) atoms. The predicted octanol–water partition coefficient (Wildman–Crippen LogP) is 2.85. The van der Waals surface area contributed by atoms with Crippen molar-refractivity contribution < 1.29 is 0 Å². The second-order valence-electron chi connectivity index (χ2n) is 4.22. The van der Waals surface area contributed by atoms with Gasteiger partial charge in [0, 0.05) is 0 Å². The molecule has 0 spiro atoms. The second-order valence-corrected chi connectivity index (χ2v) is 4.22. The van der Waals surface area contributed by atoms with Crippen LogP contribution in [0, 0.1) is 0 Å². The molecular weight excluding hydrogens is 170 g/mol. The molecule has 1 heteroatoms. The Morgan fingerprint density at radius 1 is 1.14 bits per heavy atom. The third kappa shape index (κ3) is 2.36. The molecule has 1 aliphatic carbocycles. The maximum Gasteiger partial charge on any atom is -0.00772 e. The van der Waals surface area contributed by atoms with Crippen molar-refractivity contribution in [2.45, 2.75) is 38.0 Å². The molecule has 0 atom stereocenters. The van der Waals surface area contributed by atoms with E-state index in [9.17, 15) is 0 Å². The van der Waals surface area contributed by atoms with Crippen LogP contribution in [0.5, 0.6) is 0 Å². The Hall–Kier alpha value is -0.820. The highest BCUT2D eigenvalue weighted by atomic mass is 14.5. The molecule has 0 aromatic heterocycles. The highest BCUT2D eigenvalue weighted by Gasteiger charge is 2.25. The summed E-state index contributed by atoms with van der Waals surface area (Å²) in [5, 5.41) is 0. The minimum atomic E-state index is 0.825. The van der Waals surface area contributed by atoms with E-state index in [4.69, 9.17) is 5.73 Å². The molecule has 0 amide bonds. The number of unbranched alkanes of at least 4 members (excludes halogenated alkanes) is 1. The number of hydrogen-bond donors (Lipinski definition) is 1. The van der Waals surface area contributed by atoms with Gasteiger partial charge < -0.3 is 5.73 Å². The van der Waals surface area contributed by atoms with Gasteiger partial charge in [0.05, 0.1) is 0 Å². The first-order valence-electron chi connectivity index (χ1n) is 5.69. The van der Waals surface area contributed by atoms with Gasteiger partial charge in [0.2, 0.25) is 0 Å². The summed E-state index contributed by atoms with van der Waals surface area (Å²) < 4.78 is 0. The van der Waals surface area contributed by atoms with Crippen LogP contribution in [0.4, 0.5) is 0 Å². The predicted molar refractivity (Wildman–Crippen MR) is 60.4 cm³/mol. The van der Waals surface area contributed by atoms with Gasteiger partial charge in [-0.1, -0.05) is 24.3 Å². The molecule has 1 fully saturated rings. The normalized spacial score (nSPS) is 15.8. The first-order valence-corrected chi connectivity index (χ1v) is 5.69. The number of hydrogen-bond acceptors (Lipinski definition) is 1. The zero-order valence-corrected chi connectivity index (χ0v) is 8.71. The maximum atomic E-state index is 5.50. The molecule has 0 unspecified atom stereocenters. The van der Waals surface area contributed by atoms with Crippen molar-refractivity contribution in [3.63, 3.8) is 0 Å². The second kappa shape index (κ2) is 4.61. The van der Waals surface area contributed by atoms with Gasteiger partial charge in [-0.05, 0) is 55.7 Å². The van der Waals surface area contributed by atoms with E-state index in [1.165, 1.54) is 25.7 Å². The van der Waals surface area contributed by atoms with Gasteiger partial charge in [-0.3, -0.25) is 0 Å². The Morgan fingerprint density at radius 2 is 1.93 bits per heavy atom. The lowest BCUT2D eigenvalue weighted by molar-refractivity contribution is 0.739. The molecule has 0 heterocycles. The quantitative estimate of drug-likeness (QED) is 0.708. The van der Waals surface area contributed by atoms with E-state index in [1.807, 2.05) is 0 Å². The van der Waals surface area contributed by atoms with Gasteiger partial charge in [-0.15, -0.1) is 0 Å². The molecule has 0 radical (unpaired) electrons. The Balaban J connectivity index is 2.00. The van der Waals surface area contributed by atoms with Crippen LogP contribution in [0.25, 0.3) is 0 Å². The molecule has 0 bridgehead atoms. The third-order valence-corrected chi connectivity index (χ3v) is 2.97. The summed E-state index contributed by atoms with van der Waals surface area (Å²) in [6.07, 6.45) is 6.39. The summed E-state index contributed by atoms with van der Waals surface area (Å²) in [4.78, 5) is 0. The Kier molecular flexibility index (Phi) is 3.20. The largest absolute Gasteiger partial charge is 0.330 e. The lowest BCUT2D eigenvalue weighted by Gasteiger charge is -2.07.